The number of hydrogen-bond donors (Lipinski definition) is 4. The van der Waals surface area contributed by atoms with Gasteiger partial charge in [0.15, 0.2) is 0 Å². The molecule has 1 aromatic rings. The van der Waals surface area contributed by atoms with Crippen LogP contribution in [0, 0.1) is 0 Å². The van der Waals surface area contributed by atoms with Gasteiger partial charge in [0.05, 0.1) is 11.9 Å². The molecule has 0 fully saturated rings. The molecule has 0 bridgehead atoms. The Morgan fingerprint density at radius 1 is 1.41 bits per heavy atom. The van der Waals surface area contributed by atoms with Gasteiger partial charge in [0, 0.05) is 6.42 Å². The highest BCUT2D eigenvalue weighted by Crippen LogP contribution is 2.55. The standard InChI is InChI=1S/C5H11N3O7P2/c6-2-1-5-3-8(4-7-5)14-17(12,13)15-16(9,10)11/h3-4H,1-2,6H2,(H,12,13)(H2,9,10,11). The minimum absolute atomic E-state index is 0.326. The summed E-state index contributed by atoms with van der Waals surface area (Å²) < 4.78 is 30.1. The lowest BCUT2D eigenvalue weighted by Gasteiger charge is -2.12. The zero-order chi connectivity index (χ0) is 13.1. The van der Waals surface area contributed by atoms with Crippen LogP contribution in [0.25, 0.3) is 0 Å². The summed E-state index contributed by atoms with van der Waals surface area (Å²) in [6, 6.07) is 0. The van der Waals surface area contributed by atoms with E-state index in [0.29, 0.717) is 23.4 Å². The predicted molar refractivity (Wildman–Crippen MR) is 54.5 cm³/mol. The molecule has 17 heavy (non-hydrogen) atoms. The van der Waals surface area contributed by atoms with Gasteiger partial charge in [-0.25, -0.2) is 14.1 Å². The van der Waals surface area contributed by atoms with E-state index in [-0.39, 0.29) is 0 Å². The lowest BCUT2D eigenvalue weighted by atomic mass is 10.3. The first-order chi connectivity index (χ1) is 7.72. The Kier molecular flexibility index (Phi) is 4.45. The molecule has 0 radical (unpaired) electrons. The maximum atomic E-state index is 11.1. The van der Waals surface area contributed by atoms with Gasteiger partial charge in [0.25, 0.3) is 0 Å². The molecule has 0 spiro atoms. The molecular weight excluding hydrogens is 276 g/mol. The van der Waals surface area contributed by atoms with E-state index in [1.54, 1.807) is 0 Å². The van der Waals surface area contributed by atoms with Crippen molar-refractivity contribution in [3.8, 4) is 0 Å². The molecule has 98 valence electrons. The minimum Gasteiger partial charge on any atom is -0.330 e. The van der Waals surface area contributed by atoms with Crippen molar-refractivity contribution in [3.63, 3.8) is 0 Å². The molecule has 10 nitrogen and oxygen atoms in total. The first-order valence-electron chi connectivity index (χ1n) is 4.24. The van der Waals surface area contributed by atoms with Gasteiger partial charge in [0.2, 0.25) is 0 Å². The smallest absolute Gasteiger partial charge is 0.330 e. The zero-order valence-electron chi connectivity index (χ0n) is 8.41. The zero-order valence-corrected chi connectivity index (χ0v) is 10.2. The Labute approximate surface area is 95.8 Å². The van der Waals surface area contributed by atoms with Crippen molar-refractivity contribution in [1.29, 1.82) is 0 Å². The van der Waals surface area contributed by atoms with Crippen LogP contribution < -0.4 is 10.4 Å². The maximum absolute atomic E-state index is 11.1. The van der Waals surface area contributed by atoms with Crippen molar-refractivity contribution in [1.82, 2.24) is 9.71 Å². The predicted octanol–water partition coefficient (Wildman–Crippen LogP) is -0.977. The number of nitrogens with two attached hydrogens (primary N) is 1. The highest BCUT2D eigenvalue weighted by Gasteiger charge is 2.34. The van der Waals surface area contributed by atoms with Crippen LogP contribution in [0.4, 0.5) is 0 Å². The minimum atomic E-state index is -5.12. The summed E-state index contributed by atoms with van der Waals surface area (Å²) in [6.45, 7) is 0.326. The van der Waals surface area contributed by atoms with Crippen LogP contribution in [0.2, 0.25) is 0 Å². The molecule has 1 aromatic heterocycles. The lowest BCUT2D eigenvalue weighted by molar-refractivity contribution is 0.164. The highest BCUT2D eigenvalue weighted by molar-refractivity contribution is 7.60. The van der Waals surface area contributed by atoms with Crippen molar-refractivity contribution < 1.29 is 32.7 Å². The Hall–Kier alpha value is -0.730. The number of aromatic nitrogens is 2. The van der Waals surface area contributed by atoms with Crippen LogP contribution in [-0.4, -0.2) is 30.9 Å². The maximum Gasteiger partial charge on any atom is 0.555 e. The summed E-state index contributed by atoms with van der Waals surface area (Å²) >= 11 is 0. The molecule has 5 N–H and O–H groups in total. The number of rotatable bonds is 6. The van der Waals surface area contributed by atoms with Gasteiger partial charge in [-0.15, -0.1) is 0 Å². The summed E-state index contributed by atoms with van der Waals surface area (Å²) in [4.78, 5) is 29.5. The van der Waals surface area contributed by atoms with Gasteiger partial charge in [-0.2, -0.15) is 9.04 Å². The van der Waals surface area contributed by atoms with E-state index in [2.05, 4.69) is 13.9 Å². The number of hydrogen-bond acceptors (Lipinski definition) is 6. The van der Waals surface area contributed by atoms with E-state index in [4.69, 9.17) is 20.4 Å². The lowest BCUT2D eigenvalue weighted by Crippen LogP contribution is -2.08. The first kappa shape index (κ1) is 14.3. The average Bonchev–Trinajstić information content (AvgIpc) is 2.47. The molecular formula is C5H11N3O7P2. The van der Waals surface area contributed by atoms with E-state index < -0.39 is 15.6 Å². The third-order valence-corrected chi connectivity index (χ3v) is 3.49. The van der Waals surface area contributed by atoms with Gasteiger partial charge in [0.1, 0.15) is 6.33 Å². The monoisotopic (exact) mass is 287 g/mol. The molecule has 1 unspecified atom stereocenters. The molecule has 0 aliphatic rings. The summed E-state index contributed by atoms with van der Waals surface area (Å²) in [5, 5.41) is 0. The third-order valence-electron chi connectivity index (χ3n) is 1.42. The fourth-order valence-electron chi connectivity index (χ4n) is 0.935. The van der Waals surface area contributed by atoms with E-state index in [0.717, 1.165) is 6.33 Å². The summed E-state index contributed by atoms with van der Waals surface area (Å²) in [6.07, 6.45) is 2.70. The Balaban J connectivity index is 2.69. The number of nitrogens with zero attached hydrogens (tertiary/aromatic N) is 2. The molecule has 12 heteroatoms. The molecule has 0 aliphatic heterocycles. The molecule has 0 aliphatic carbocycles. The van der Waals surface area contributed by atoms with Crippen molar-refractivity contribution in [3.05, 3.63) is 18.2 Å². The highest BCUT2D eigenvalue weighted by atomic mass is 31.3. The second-order valence-corrected chi connectivity index (χ2v) is 5.62. The van der Waals surface area contributed by atoms with Crippen LogP contribution in [0.5, 0.6) is 0 Å². The molecule has 1 atom stereocenters. The topological polar surface area (TPSA) is 157 Å². The summed E-state index contributed by atoms with van der Waals surface area (Å²) in [7, 11) is -10.0. The van der Waals surface area contributed by atoms with Crippen molar-refractivity contribution >= 4 is 15.6 Å². The Bertz CT molecular complexity index is 468. The normalized spacial score (nSPS) is 15.5. The fourth-order valence-corrected chi connectivity index (χ4v) is 2.46. The van der Waals surface area contributed by atoms with Crippen LogP contribution in [-0.2, 0) is 19.9 Å². The first-order valence-corrected chi connectivity index (χ1v) is 7.27. The van der Waals surface area contributed by atoms with Gasteiger partial charge < -0.3 is 20.1 Å². The van der Waals surface area contributed by atoms with E-state index in [1.807, 2.05) is 0 Å². The fraction of sp³-hybridized carbons (Fsp3) is 0.400. The van der Waals surface area contributed by atoms with Crippen molar-refractivity contribution in [2.24, 2.45) is 5.73 Å². The average molecular weight is 287 g/mol. The quantitative estimate of drug-likeness (QED) is 0.482. The van der Waals surface area contributed by atoms with E-state index >= 15 is 0 Å². The molecule has 1 heterocycles. The largest absolute Gasteiger partial charge is 0.555 e. The molecule has 0 amide bonds. The molecule has 0 saturated carbocycles. The SMILES string of the molecule is NCCc1cn(OP(=O)(O)OP(=O)(O)O)cn1. The molecule has 0 saturated heterocycles. The van der Waals surface area contributed by atoms with Gasteiger partial charge in [-0.3, -0.25) is 4.89 Å². The van der Waals surface area contributed by atoms with Crippen molar-refractivity contribution in [2.45, 2.75) is 6.42 Å². The van der Waals surface area contributed by atoms with E-state index in [9.17, 15) is 9.13 Å². The molecule has 0 aromatic carbocycles. The van der Waals surface area contributed by atoms with Crippen LogP contribution in [0.3, 0.4) is 0 Å². The second kappa shape index (κ2) is 5.28. The molecule has 1 rings (SSSR count). The van der Waals surface area contributed by atoms with Gasteiger partial charge >= 0.3 is 15.6 Å². The Morgan fingerprint density at radius 3 is 2.59 bits per heavy atom. The second-order valence-electron chi connectivity index (χ2n) is 2.89. The van der Waals surface area contributed by atoms with Crippen LogP contribution in [0.1, 0.15) is 5.69 Å². The van der Waals surface area contributed by atoms with E-state index in [1.165, 1.54) is 6.20 Å². The number of imidazole rings is 1. The summed E-state index contributed by atoms with van der Waals surface area (Å²) in [5.41, 5.74) is 5.75. The van der Waals surface area contributed by atoms with Crippen LogP contribution in [0.15, 0.2) is 12.5 Å². The Morgan fingerprint density at radius 2 is 2.06 bits per heavy atom. The van der Waals surface area contributed by atoms with Crippen molar-refractivity contribution in [2.75, 3.05) is 6.54 Å². The summed E-state index contributed by atoms with van der Waals surface area (Å²) in [5.74, 6) is 0. The van der Waals surface area contributed by atoms with Crippen LogP contribution >= 0.6 is 15.6 Å². The van der Waals surface area contributed by atoms with Gasteiger partial charge in [-0.1, -0.05) is 0 Å². The third kappa shape index (κ3) is 5.42. The van der Waals surface area contributed by atoms with Gasteiger partial charge in [-0.05, 0) is 6.54 Å². The number of phosphoric acid groups is 2.